The minimum atomic E-state index is 0.0834. The monoisotopic (exact) mass is 282 g/mol. The van der Waals surface area contributed by atoms with Crippen LogP contribution >= 0.6 is 0 Å². The molecule has 2 rings (SSSR count). The van der Waals surface area contributed by atoms with Crippen molar-refractivity contribution in [1.29, 1.82) is 0 Å². The molecule has 1 spiro atoms. The highest BCUT2D eigenvalue weighted by molar-refractivity contribution is 5.08. The summed E-state index contributed by atoms with van der Waals surface area (Å²) in [5, 5.41) is 0. The van der Waals surface area contributed by atoms with Gasteiger partial charge in [0.25, 0.3) is 0 Å². The zero-order valence-corrected chi connectivity index (χ0v) is 13.6. The van der Waals surface area contributed by atoms with E-state index >= 15 is 0 Å². The first-order valence-corrected chi connectivity index (χ1v) is 7.87. The van der Waals surface area contributed by atoms with E-state index < -0.39 is 0 Å². The molecule has 0 aromatic carbocycles. The maximum absolute atomic E-state index is 5.87. The van der Waals surface area contributed by atoms with Gasteiger partial charge in [-0.15, -0.1) is 0 Å². The fraction of sp³-hybridized carbons (Fsp3) is 0.882. The van der Waals surface area contributed by atoms with E-state index in [9.17, 15) is 0 Å². The smallest absolute Gasteiger partial charge is 0.0973 e. The van der Waals surface area contributed by atoms with E-state index in [2.05, 4.69) is 26.8 Å². The molecule has 1 heterocycles. The normalized spacial score (nSPS) is 37.8. The molecular weight excluding hydrogens is 252 g/mol. The summed E-state index contributed by atoms with van der Waals surface area (Å²) in [6.45, 7) is 7.57. The van der Waals surface area contributed by atoms with E-state index in [-0.39, 0.29) is 17.8 Å². The molecule has 0 N–H and O–H groups in total. The number of ether oxygens (including phenoxy) is 3. The molecule has 1 saturated carbocycles. The predicted octanol–water partition coefficient (Wildman–Crippen LogP) is 3.58. The van der Waals surface area contributed by atoms with Crippen LogP contribution in [0, 0.1) is 11.8 Å². The van der Waals surface area contributed by atoms with Crippen LogP contribution in [0.15, 0.2) is 11.6 Å². The lowest BCUT2D eigenvalue weighted by Crippen LogP contribution is -2.51. The molecular formula is C17H30O3. The van der Waals surface area contributed by atoms with E-state index in [0.717, 1.165) is 25.9 Å². The molecule has 0 aromatic rings. The summed E-state index contributed by atoms with van der Waals surface area (Å²) in [5.41, 5.74) is 1.48. The quantitative estimate of drug-likeness (QED) is 0.551. The van der Waals surface area contributed by atoms with Gasteiger partial charge in [-0.05, 0) is 45.4 Å². The van der Waals surface area contributed by atoms with Crippen molar-refractivity contribution in [3.8, 4) is 0 Å². The summed E-state index contributed by atoms with van der Waals surface area (Å²) in [7, 11) is 3.61. The molecule has 3 nitrogen and oxygen atoms in total. The van der Waals surface area contributed by atoms with Crippen LogP contribution in [0.4, 0.5) is 0 Å². The third-order valence-electron chi connectivity index (χ3n) is 5.06. The van der Waals surface area contributed by atoms with Crippen LogP contribution in [0.5, 0.6) is 0 Å². The van der Waals surface area contributed by atoms with Gasteiger partial charge in [-0.25, -0.2) is 0 Å². The molecule has 3 heteroatoms. The topological polar surface area (TPSA) is 31.0 Å². The molecule has 1 saturated heterocycles. The molecule has 2 fully saturated rings. The number of hydrogen-bond donors (Lipinski definition) is 0. The average Bonchev–Trinajstić information content (AvgIpc) is 3.17. The number of allylic oxidation sites excluding steroid dienone is 2. The van der Waals surface area contributed by atoms with Crippen LogP contribution in [-0.2, 0) is 14.2 Å². The average molecular weight is 282 g/mol. The maximum Gasteiger partial charge on any atom is 0.0973 e. The Labute approximate surface area is 123 Å². The highest BCUT2D eigenvalue weighted by atomic mass is 16.6. The van der Waals surface area contributed by atoms with Crippen LogP contribution in [0.1, 0.15) is 46.5 Å². The highest BCUT2D eigenvalue weighted by Gasteiger charge is 2.59. The first-order valence-electron chi connectivity index (χ1n) is 7.87. The van der Waals surface area contributed by atoms with Gasteiger partial charge in [0.05, 0.1) is 24.4 Å². The third kappa shape index (κ3) is 3.26. The van der Waals surface area contributed by atoms with Crippen molar-refractivity contribution in [2.45, 2.75) is 64.3 Å². The lowest BCUT2D eigenvalue weighted by Gasteiger charge is -2.43. The fourth-order valence-electron chi connectivity index (χ4n) is 3.88. The Morgan fingerprint density at radius 3 is 2.55 bits per heavy atom. The number of epoxide rings is 1. The zero-order chi connectivity index (χ0) is 14.8. The molecule has 20 heavy (non-hydrogen) atoms. The summed E-state index contributed by atoms with van der Waals surface area (Å²) in [6.07, 6.45) is 7.20. The van der Waals surface area contributed by atoms with Gasteiger partial charge in [0.15, 0.2) is 0 Å². The van der Waals surface area contributed by atoms with Gasteiger partial charge in [-0.3, -0.25) is 0 Å². The fourth-order valence-corrected chi connectivity index (χ4v) is 3.88. The van der Waals surface area contributed by atoms with Crippen LogP contribution < -0.4 is 0 Å². The summed E-state index contributed by atoms with van der Waals surface area (Å²) in [6, 6.07) is 0. The van der Waals surface area contributed by atoms with Crippen molar-refractivity contribution in [2.24, 2.45) is 11.8 Å². The second-order valence-corrected chi connectivity index (χ2v) is 6.73. The second kappa shape index (κ2) is 6.59. The second-order valence-electron chi connectivity index (χ2n) is 6.73. The van der Waals surface area contributed by atoms with Gasteiger partial charge < -0.3 is 14.2 Å². The number of hydrogen-bond acceptors (Lipinski definition) is 3. The van der Waals surface area contributed by atoms with E-state index in [1.165, 1.54) is 12.0 Å². The first kappa shape index (κ1) is 16.0. The minimum Gasteiger partial charge on any atom is -0.379 e. The van der Waals surface area contributed by atoms with E-state index in [1.807, 2.05) is 7.11 Å². The number of methoxy groups -OCH3 is 2. The molecule has 0 bridgehead atoms. The van der Waals surface area contributed by atoms with Gasteiger partial charge in [0.2, 0.25) is 0 Å². The Bertz CT molecular complexity index is 342. The van der Waals surface area contributed by atoms with Crippen molar-refractivity contribution in [2.75, 3.05) is 20.8 Å². The third-order valence-corrected chi connectivity index (χ3v) is 5.06. The summed E-state index contributed by atoms with van der Waals surface area (Å²) in [5.74, 6) is 1.05. The lowest BCUT2D eigenvalue weighted by molar-refractivity contribution is -0.124. The Kier molecular flexibility index (Phi) is 5.27. The lowest BCUT2D eigenvalue weighted by atomic mass is 9.68. The molecule has 0 radical (unpaired) electrons. The van der Waals surface area contributed by atoms with Gasteiger partial charge >= 0.3 is 0 Å². The molecule has 116 valence electrons. The molecule has 0 aromatic heterocycles. The van der Waals surface area contributed by atoms with Crippen molar-refractivity contribution in [1.82, 2.24) is 0 Å². The molecule has 1 aliphatic heterocycles. The largest absolute Gasteiger partial charge is 0.379 e. The SMILES string of the molecule is COC1CCC2(CO2)C(C(C)CCC=C(C)C)C1OC. The molecule has 1 aliphatic carbocycles. The molecule has 2 aliphatic rings. The summed E-state index contributed by atoms with van der Waals surface area (Å²) in [4.78, 5) is 0. The van der Waals surface area contributed by atoms with Crippen LogP contribution in [-0.4, -0.2) is 38.6 Å². The van der Waals surface area contributed by atoms with E-state index in [0.29, 0.717) is 11.8 Å². The van der Waals surface area contributed by atoms with Gasteiger partial charge in [0, 0.05) is 20.1 Å². The van der Waals surface area contributed by atoms with Gasteiger partial charge in [-0.2, -0.15) is 0 Å². The van der Waals surface area contributed by atoms with Crippen molar-refractivity contribution < 1.29 is 14.2 Å². The standard InChI is InChI=1S/C17H30O3/c1-12(2)7-6-8-13(3)15-16(19-5)14(18-4)9-10-17(15)11-20-17/h7,13-16H,6,8-11H2,1-5H3. The molecule has 0 amide bonds. The summed E-state index contributed by atoms with van der Waals surface area (Å²) < 4.78 is 17.3. The summed E-state index contributed by atoms with van der Waals surface area (Å²) >= 11 is 0. The maximum atomic E-state index is 5.87. The van der Waals surface area contributed by atoms with Crippen molar-refractivity contribution in [3.05, 3.63) is 11.6 Å². The Hall–Kier alpha value is -0.380. The molecule has 5 atom stereocenters. The van der Waals surface area contributed by atoms with Crippen LogP contribution in [0.2, 0.25) is 0 Å². The highest BCUT2D eigenvalue weighted by Crippen LogP contribution is 2.51. The Morgan fingerprint density at radius 2 is 2.05 bits per heavy atom. The predicted molar refractivity (Wildman–Crippen MR) is 80.8 cm³/mol. The van der Waals surface area contributed by atoms with Crippen molar-refractivity contribution in [3.63, 3.8) is 0 Å². The molecule has 5 unspecified atom stereocenters. The van der Waals surface area contributed by atoms with Gasteiger partial charge in [0.1, 0.15) is 0 Å². The Balaban J connectivity index is 2.05. The van der Waals surface area contributed by atoms with Gasteiger partial charge in [-0.1, -0.05) is 18.6 Å². The van der Waals surface area contributed by atoms with E-state index in [4.69, 9.17) is 14.2 Å². The van der Waals surface area contributed by atoms with Crippen LogP contribution in [0.25, 0.3) is 0 Å². The first-order chi connectivity index (χ1) is 9.54. The number of rotatable bonds is 6. The van der Waals surface area contributed by atoms with E-state index in [1.54, 1.807) is 7.11 Å². The van der Waals surface area contributed by atoms with Crippen molar-refractivity contribution >= 4 is 0 Å². The van der Waals surface area contributed by atoms with Crippen LogP contribution in [0.3, 0.4) is 0 Å². The zero-order valence-electron chi connectivity index (χ0n) is 13.6. The minimum absolute atomic E-state index is 0.0834. The Morgan fingerprint density at radius 1 is 1.35 bits per heavy atom.